The van der Waals surface area contributed by atoms with Gasteiger partial charge in [0.1, 0.15) is 5.75 Å². The number of amides is 1. The van der Waals surface area contributed by atoms with Crippen molar-refractivity contribution in [2.24, 2.45) is 5.92 Å². The quantitative estimate of drug-likeness (QED) is 0.755. The number of benzene rings is 1. The highest BCUT2D eigenvalue weighted by Crippen LogP contribution is 2.20. The van der Waals surface area contributed by atoms with Crippen LogP contribution in [0, 0.1) is 12.8 Å². The summed E-state index contributed by atoms with van der Waals surface area (Å²) in [5, 5.41) is 11.3. The van der Waals surface area contributed by atoms with Crippen LogP contribution >= 0.6 is 0 Å². The number of ether oxygens (including phenoxy) is 1. The Labute approximate surface area is 124 Å². The lowest BCUT2D eigenvalue weighted by molar-refractivity contribution is -0.138. The van der Waals surface area contributed by atoms with Crippen molar-refractivity contribution >= 4 is 18.0 Å². The van der Waals surface area contributed by atoms with Gasteiger partial charge >= 0.3 is 5.97 Å². The first kappa shape index (κ1) is 16.8. The first-order valence-corrected chi connectivity index (χ1v) is 6.74. The molecular formula is C16H21NO4. The van der Waals surface area contributed by atoms with Crippen molar-refractivity contribution in [2.45, 2.75) is 20.3 Å². The Kier molecular flexibility index (Phi) is 6.46. The van der Waals surface area contributed by atoms with E-state index in [1.54, 1.807) is 20.1 Å². The molecule has 0 spiro atoms. The van der Waals surface area contributed by atoms with Crippen LogP contribution < -0.4 is 10.1 Å². The van der Waals surface area contributed by atoms with Gasteiger partial charge < -0.3 is 15.2 Å². The van der Waals surface area contributed by atoms with Crippen LogP contribution in [0.4, 0.5) is 0 Å². The fourth-order valence-corrected chi connectivity index (χ4v) is 1.85. The maximum Gasteiger partial charge on any atom is 0.303 e. The van der Waals surface area contributed by atoms with Crippen molar-refractivity contribution in [3.8, 4) is 5.75 Å². The largest absolute Gasteiger partial charge is 0.496 e. The van der Waals surface area contributed by atoms with Gasteiger partial charge in [0.15, 0.2) is 0 Å². The van der Waals surface area contributed by atoms with Crippen molar-refractivity contribution in [1.82, 2.24) is 5.32 Å². The summed E-state index contributed by atoms with van der Waals surface area (Å²) in [6, 6.07) is 5.71. The number of aryl methyl sites for hydroxylation is 1. The van der Waals surface area contributed by atoms with E-state index >= 15 is 0 Å². The highest BCUT2D eigenvalue weighted by Gasteiger charge is 2.08. The van der Waals surface area contributed by atoms with Gasteiger partial charge in [-0.3, -0.25) is 9.59 Å². The molecule has 2 N–H and O–H groups in total. The van der Waals surface area contributed by atoms with Gasteiger partial charge in [-0.1, -0.05) is 18.6 Å². The van der Waals surface area contributed by atoms with E-state index in [0.29, 0.717) is 12.3 Å². The molecule has 0 aromatic heterocycles. The van der Waals surface area contributed by atoms with Crippen LogP contribution in [-0.2, 0) is 9.59 Å². The molecule has 1 aromatic rings. The normalized spacial score (nSPS) is 12.1. The van der Waals surface area contributed by atoms with E-state index in [2.05, 4.69) is 5.32 Å². The molecule has 1 atom stereocenters. The average molecular weight is 291 g/mol. The minimum absolute atomic E-state index is 0.0374. The van der Waals surface area contributed by atoms with Crippen LogP contribution in [-0.4, -0.2) is 30.6 Å². The van der Waals surface area contributed by atoms with Crippen molar-refractivity contribution in [3.05, 3.63) is 35.4 Å². The highest BCUT2D eigenvalue weighted by atomic mass is 16.5. The van der Waals surface area contributed by atoms with Crippen LogP contribution in [0.25, 0.3) is 6.08 Å². The van der Waals surface area contributed by atoms with Gasteiger partial charge in [0.05, 0.1) is 7.11 Å². The molecule has 114 valence electrons. The molecule has 0 fully saturated rings. The zero-order valence-electron chi connectivity index (χ0n) is 12.6. The molecule has 0 heterocycles. The van der Waals surface area contributed by atoms with E-state index in [9.17, 15) is 9.59 Å². The minimum Gasteiger partial charge on any atom is -0.496 e. The Morgan fingerprint density at radius 2 is 2.14 bits per heavy atom. The highest BCUT2D eigenvalue weighted by molar-refractivity contribution is 5.92. The van der Waals surface area contributed by atoms with E-state index in [0.717, 1.165) is 11.1 Å². The van der Waals surface area contributed by atoms with Crippen LogP contribution in [0.15, 0.2) is 24.3 Å². The van der Waals surface area contributed by atoms with E-state index in [4.69, 9.17) is 9.84 Å². The number of carboxylic acid groups (broad SMARTS) is 1. The van der Waals surface area contributed by atoms with Crippen LogP contribution in [0.3, 0.4) is 0 Å². The predicted octanol–water partition coefficient (Wildman–Crippen LogP) is 2.24. The second-order valence-corrected chi connectivity index (χ2v) is 5.03. The Bertz CT molecular complexity index is 537. The number of aliphatic carboxylic acids is 1. The monoisotopic (exact) mass is 291 g/mol. The number of rotatable bonds is 7. The molecule has 1 rings (SSSR count). The van der Waals surface area contributed by atoms with Gasteiger partial charge in [0, 0.05) is 24.6 Å². The summed E-state index contributed by atoms with van der Waals surface area (Å²) in [6.45, 7) is 4.08. The van der Waals surface area contributed by atoms with E-state index in [-0.39, 0.29) is 18.2 Å². The van der Waals surface area contributed by atoms with Crippen molar-refractivity contribution in [2.75, 3.05) is 13.7 Å². The number of hydrogen-bond donors (Lipinski definition) is 2. The lowest BCUT2D eigenvalue weighted by atomic mass is 10.1. The molecule has 0 saturated carbocycles. The molecule has 0 aliphatic rings. The summed E-state index contributed by atoms with van der Waals surface area (Å²) >= 11 is 0. The molecule has 5 nitrogen and oxygen atoms in total. The first-order chi connectivity index (χ1) is 9.92. The smallest absolute Gasteiger partial charge is 0.303 e. The van der Waals surface area contributed by atoms with Gasteiger partial charge in [0.25, 0.3) is 0 Å². The van der Waals surface area contributed by atoms with Crippen LogP contribution in [0.5, 0.6) is 5.75 Å². The van der Waals surface area contributed by atoms with Gasteiger partial charge in [-0.15, -0.1) is 0 Å². The third kappa shape index (κ3) is 6.12. The summed E-state index contributed by atoms with van der Waals surface area (Å²) < 4.78 is 5.23. The average Bonchev–Trinajstić information content (AvgIpc) is 2.42. The molecule has 5 heteroatoms. The third-order valence-corrected chi connectivity index (χ3v) is 2.95. The molecule has 1 amide bonds. The molecule has 0 bridgehead atoms. The zero-order chi connectivity index (χ0) is 15.8. The summed E-state index contributed by atoms with van der Waals surface area (Å²) in [5.41, 5.74) is 1.90. The van der Waals surface area contributed by atoms with Crippen molar-refractivity contribution < 1.29 is 19.4 Å². The zero-order valence-corrected chi connectivity index (χ0v) is 12.6. The van der Waals surface area contributed by atoms with Gasteiger partial charge in [0.2, 0.25) is 5.91 Å². The summed E-state index contributed by atoms with van der Waals surface area (Å²) in [4.78, 5) is 22.2. The second kappa shape index (κ2) is 8.09. The number of methoxy groups -OCH3 is 1. The van der Waals surface area contributed by atoms with Crippen molar-refractivity contribution in [3.63, 3.8) is 0 Å². The Morgan fingerprint density at radius 1 is 1.43 bits per heavy atom. The number of carbonyl (C=O) groups excluding carboxylic acids is 1. The predicted molar refractivity (Wildman–Crippen MR) is 81.2 cm³/mol. The fraction of sp³-hybridized carbons (Fsp3) is 0.375. The SMILES string of the molecule is COc1ccc(C)cc1/C=C/C(=O)NCC(C)CC(=O)O. The van der Waals surface area contributed by atoms with Crippen molar-refractivity contribution in [1.29, 1.82) is 0 Å². The van der Waals surface area contributed by atoms with Crippen LogP contribution in [0.2, 0.25) is 0 Å². The third-order valence-electron chi connectivity index (χ3n) is 2.95. The Hall–Kier alpha value is -2.30. The van der Waals surface area contributed by atoms with E-state index in [1.165, 1.54) is 6.08 Å². The number of carbonyl (C=O) groups is 2. The maximum atomic E-state index is 11.7. The Morgan fingerprint density at radius 3 is 2.76 bits per heavy atom. The fourth-order valence-electron chi connectivity index (χ4n) is 1.85. The lowest BCUT2D eigenvalue weighted by Gasteiger charge is -2.09. The maximum absolute atomic E-state index is 11.7. The second-order valence-electron chi connectivity index (χ2n) is 5.03. The standard InChI is InChI=1S/C16H21NO4/c1-11-4-6-14(21-3)13(8-11)5-7-15(18)17-10-12(2)9-16(19)20/h4-8,12H,9-10H2,1-3H3,(H,17,18)(H,19,20)/b7-5+. The lowest BCUT2D eigenvalue weighted by Crippen LogP contribution is -2.27. The van der Waals surface area contributed by atoms with Gasteiger partial charge in [-0.05, 0) is 31.1 Å². The molecule has 0 saturated heterocycles. The minimum atomic E-state index is -0.864. The van der Waals surface area contributed by atoms with Gasteiger partial charge in [-0.2, -0.15) is 0 Å². The molecule has 21 heavy (non-hydrogen) atoms. The summed E-state index contributed by atoms with van der Waals surface area (Å²) in [5.74, 6) is -0.523. The molecule has 1 aromatic carbocycles. The van der Waals surface area contributed by atoms with E-state index < -0.39 is 5.97 Å². The number of hydrogen-bond acceptors (Lipinski definition) is 3. The van der Waals surface area contributed by atoms with Crippen LogP contribution in [0.1, 0.15) is 24.5 Å². The van der Waals surface area contributed by atoms with E-state index in [1.807, 2.05) is 25.1 Å². The molecule has 0 aliphatic heterocycles. The first-order valence-electron chi connectivity index (χ1n) is 6.74. The van der Waals surface area contributed by atoms with Gasteiger partial charge in [-0.25, -0.2) is 0 Å². The molecule has 0 aliphatic carbocycles. The molecule has 1 unspecified atom stereocenters. The summed E-state index contributed by atoms with van der Waals surface area (Å²) in [6.07, 6.45) is 3.14. The summed E-state index contributed by atoms with van der Waals surface area (Å²) in [7, 11) is 1.58. The topological polar surface area (TPSA) is 75.6 Å². The number of carboxylic acids is 1. The Balaban J connectivity index is 2.58. The molecule has 0 radical (unpaired) electrons. The number of nitrogens with one attached hydrogen (secondary N) is 1. The molecular weight excluding hydrogens is 270 g/mol.